The first kappa shape index (κ1) is 27.2. The van der Waals surface area contributed by atoms with Gasteiger partial charge in [0.1, 0.15) is 11.9 Å². The Balaban J connectivity index is 1.89. The van der Waals surface area contributed by atoms with Gasteiger partial charge in [-0.1, -0.05) is 49.6 Å². The third kappa shape index (κ3) is 7.05. The van der Waals surface area contributed by atoms with Gasteiger partial charge < -0.3 is 19.7 Å². The summed E-state index contributed by atoms with van der Waals surface area (Å²) in [5.41, 5.74) is 1.65. The molecule has 1 fully saturated rings. The Hall–Kier alpha value is -2.44. The summed E-state index contributed by atoms with van der Waals surface area (Å²) in [6, 6.07) is 12.0. The second kappa shape index (κ2) is 13.0. The van der Waals surface area contributed by atoms with Crippen LogP contribution in [0.5, 0.6) is 11.5 Å². The van der Waals surface area contributed by atoms with E-state index in [-0.39, 0.29) is 23.7 Å². The average Bonchev–Trinajstić information content (AvgIpc) is 2.87. The molecule has 35 heavy (non-hydrogen) atoms. The number of hydrogen-bond donors (Lipinski definition) is 1. The molecule has 0 aromatic heterocycles. The minimum atomic E-state index is -0.812. The maximum absolute atomic E-state index is 13.7. The monoisotopic (exact) mass is 520 g/mol. The minimum absolute atomic E-state index is 0.0878. The second-order valence-electron chi connectivity index (χ2n) is 8.99. The predicted molar refractivity (Wildman–Crippen MR) is 139 cm³/mol. The van der Waals surface area contributed by atoms with E-state index in [1.807, 2.05) is 18.2 Å². The number of carbonyl (C=O) groups is 2. The smallest absolute Gasteiger partial charge is 0.247 e. The van der Waals surface area contributed by atoms with Gasteiger partial charge in [0.05, 0.1) is 14.2 Å². The maximum Gasteiger partial charge on any atom is 0.247 e. The number of methoxy groups -OCH3 is 2. The van der Waals surface area contributed by atoms with Crippen LogP contribution in [0.4, 0.5) is 0 Å². The number of nitrogens with one attached hydrogen (secondary N) is 1. The molecule has 0 saturated heterocycles. The molecule has 3 rings (SSSR count). The standard InChI is InChI=1S/C27H34Cl2N2O4/c1-18-6-4-5-7-22(18)30-27(33)26(20-9-11-21(29)12-10-20)31(25(32)17-28)15-14-19-8-13-23(34-2)24(16-19)35-3/h8-13,16,18,22,26H,4-7,14-15,17H2,1-3H3,(H,30,33). The Morgan fingerprint density at radius 2 is 1.74 bits per heavy atom. The molecule has 0 heterocycles. The zero-order chi connectivity index (χ0) is 25.4. The van der Waals surface area contributed by atoms with Crippen molar-refractivity contribution < 1.29 is 19.1 Å². The van der Waals surface area contributed by atoms with Crippen molar-refractivity contribution in [1.29, 1.82) is 0 Å². The molecule has 2 amide bonds. The lowest BCUT2D eigenvalue weighted by molar-refractivity contribution is -0.139. The Kier molecular flexibility index (Phi) is 10.1. The maximum atomic E-state index is 13.7. The summed E-state index contributed by atoms with van der Waals surface area (Å²) >= 11 is 12.1. The topological polar surface area (TPSA) is 67.9 Å². The molecule has 0 radical (unpaired) electrons. The molecule has 1 N–H and O–H groups in total. The van der Waals surface area contributed by atoms with Gasteiger partial charge in [-0.25, -0.2) is 0 Å². The molecule has 0 aliphatic heterocycles. The highest BCUT2D eigenvalue weighted by atomic mass is 35.5. The third-order valence-corrected chi connectivity index (χ3v) is 7.19. The summed E-state index contributed by atoms with van der Waals surface area (Å²) < 4.78 is 10.7. The summed E-state index contributed by atoms with van der Waals surface area (Å²) in [4.78, 5) is 28.3. The van der Waals surface area contributed by atoms with E-state index in [9.17, 15) is 9.59 Å². The highest BCUT2D eigenvalue weighted by Gasteiger charge is 2.33. The van der Waals surface area contributed by atoms with Gasteiger partial charge in [0, 0.05) is 17.6 Å². The fourth-order valence-electron chi connectivity index (χ4n) is 4.67. The molecule has 3 atom stereocenters. The van der Waals surface area contributed by atoms with E-state index in [1.165, 1.54) is 6.42 Å². The van der Waals surface area contributed by atoms with Crippen LogP contribution in [0.1, 0.15) is 49.8 Å². The van der Waals surface area contributed by atoms with Crippen molar-refractivity contribution >= 4 is 35.0 Å². The fraction of sp³-hybridized carbons (Fsp3) is 0.481. The minimum Gasteiger partial charge on any atom is -0.493 e. The van der Waals surface area contributed by atoms with Gasteiger partial charge in [0.15, 0.2) is 11.5 Å². The second-order valence-corrected chi connectivity index (χ2v) is 9.69. The zero-order valence-electron chi connectivity index (χ0n) is 20.6. The van der Waals surface area contributed by atoms with Crippen LogP contribution in [0.2, 0.25) is 5.02 Å². The molecule has 190 valence electrons. The van der Waals surface area contributed by atoms with Crippen LogP contribution >= 0.6 is 23.2 Å². The summed E-state index contributed by atoms with van der Waals surface area (Å²) in [7, 11) is 3.17. The van der Waals surface area contributed by atoms with E-state index in [2.05, 4.69) is 12.2 Å². The molecule has 6 nitrogen and oxygen atoms in total. The molecular formula is C27H34Cl2N2O4. The van der Waals surface area contributed by atoms with Gasteiger partial charge in [-0.3, -0.25) is 9.59 Å². The van der Waals surface area contributed by atoms with Crippen LogP contribution in [0.3, 0.4) is 0 Å². The van der Waals surface area contributed by atoms with Crippen molar-refractivity contribution in [3.8, 4) is 11.5 Å². The van der Waals surface area contributed by atoms with Crippen LogP contribution in [0.25, 0.3) is 0 Å². The SMILES string of the molecule is COc1ccc(CCN(C(=O)CCl)C(C(=O)NC2CCCCC2C)c2ccc(Cl)cc2)cc1OC. The van der Waals surface area contributed by atoms with Crippen LogP contribution < -0.4 is 14.8 Å². The molecule has 0 spiro atoms. The van der Waals surface area contributed by atoms with E-state index in [4.69, 9.17) is 32.7 Å². The van der Waals surface area contributed by atoms with Gasteiger partial charge in [0.25, 0.3) is 0 Å². The normalized spacial score (nSPS) is 18.4. The molecule has 8 heteroatoms. The van der Waals surface area contributed by atoms with Gasteiger partial charge in [-0.15, -0.1) is 11.6 Å². The van der Waals surface area contributed by atoms with Gasteiger partial charge in [-0.2, -0.15) is 0 Å². The number of amides is 2. The van der Waals surface area contributed by atoms with Crippen molar-refractivity contribution in [2.45, 2.75) is 51.1 Å². The number of halogens is 2. The van der Waals surface area contributed by atoms with E-state index in [1.54, 1.807) is 43.4 Å². The van der Waals surface area contributed by atoms with E-state index >= 15 is 0 Å². The van der Waals surface area contributed by atoms with Crippen LogP contribution in [-0.4, -0.2) is 49.4 Å². The number of benzene rings is 2. The summed E-state index contributed by atoms with van der Waals surface area (Å²) in [6.45, 7) is 2.47. The molecule has 2 aromatic rings. The summed E-state index contributed by atoms with van der Waals surface area (Å²) in [6.07, 6.45) is 4.80. The third-order valence-electron chi connectivity index (χ3n) is 6.71. The average molecular weight is 521 g/mol. The largest absolute Gasteiger partial charge is 0.493 e. The Labute approximate surface area is 217 Å². The lowest BCUT2D eigenvalue weighted by Crippen LogP contribution is -2.49. The van der Waals surface area contributed by atoms with Gasteiger partial charge in [-0.05, 0) is 60.6 Å². The van der Waals surface area contributed by atoms with Crippen molar-refractivity contribution in [2.24, 2.45) is 5.92 Å². The predicted octanol–water partition coefficient (Wildman–Crippen LogP) is 5.40. The van der Waals surface area contributed by atoms with Crippen LogP contribution in [0.15, 0.2) is 42.5 Å². The lowest BCUT2D eigenvalue weighted by Gasteiger charge is -2.35. The summed E-state index contributed by atoms with van der Waals surface area (Å²) in [5.74, 6) is 0.908. The van der Waals surface area contributed by atoms with Crippen LogP contribution in [0, 0.1) is 5.92 Å². The molecular weight excluding hydrogens is 487 g/mol. The lowest BCUT2D eigenvalue weighted by atomic mass is 9.85. The molecule has 1 aliphatic carbocycles. The number of rotatable bonds is 10. The Morgan fingerprint density at radius 3 is 2.37 bits per heavy atom. The number of nitrogens with zero attached hydrogens (tertiary/aromatic N) is 1. The van der Waals surface area contributed by atoms with Crippen molar-refractivity contribution in [3.63, 3.8) is 0 Å². The van der Waals surface area contributed by atoms with Crippen LogP contribution in [-0.2, 0) is 16.0 Å². The van der Waals surface area contributed by atoms with Crippen molar-refractivity contribution in [2.75, 3.05) is 26.6 Å². The quantitative estimate of drug-likeness (QED) is 0.425. The first-order chi connectivity index (χ1) is 16.9. The van der Waals surface area contributed by atoms with Crippen molar-refractivity contribution in [3.05, 3.63) is 58.6 Å². The molecule has 3 unspecified atom stereocenters. The van der Waals surface area contributed by atoms with E-state index in [0.717, 1.165) is 24.8 Å². The highest BCUT2D eigenvalue weighted by molar-refractivity contribution is 6.30. The number of ether oxygens (including phenoxy) is 2. The first-order valence-electron chi connectivity index (χ1n) is 12.0. The molecule has 1 aliphatic rings. The Bertz CT molecular complexity index is 999. The molecule has 2 aromatic carbocycles. The van der Waals surface area contributed by atoms with E-state index in [0.29, 0.717) is 41.0 Å². The fourth-order valence-corrected chi connectivity index (χ4v) is 4.95. The van der Waals surface area contributed by atoms with Gasteiger partial charge >= 0.3 is 0 Å². The van der Waals surface area contributed by atoms with Gasteiger partial charge in [0.2, 0.25) is 11.8 Å². The Morgan fingerprint density at radius 1 is 1.06 bits per heavy atom. The number of hydrogen-bond acceptors (Lipinski definition) is 4. The molecule has 0 bridgehead atoms. The zero-order valence-corrected chi connectivity index (χ0v) is 22.1. The summed E-state index contributed by atoms with van der Waals surface area (Å²) in [5, 5.41) is 3.79. The van der Waals surface area contributed by atoms with E-state index < -0.39 is 6.04 Å². The van der Waals surface area contributed by atoms with Crippen molar-refractivity contribution in [1.82, 2.24) is 10.2 Å². The molecule has 1 saturated carbocycles. The first-order valence-corrected chi connectivity index (χ1v) is 12.9. The number of alkyl halides is 1. The number of carbonyl (C=O) groups excluding carboxylic acids is 2. The highest BCUT2D eigenvalue weighted by Crippen LogP contribution is 2.30.